The third-order valence-electron chi connectivity index (χ3n) is 5.29. The highest BCUT2D eigenvalue weighted by molar-refractivity contribution is 9.10. The van der Waals surface area contributed by atoms with Crippen LogP contribution >= 0.6 is 15.9 Å². The van der Waals surface area contributed by atoms with Crippen molar-refractivity contribution in [3.05, 3.63) is 94.0 Å². The van der Waals surface area contributed by atoms with Crippen molar-refractivity contribution >= 4 is 26.7 Å². The lowest BCUT2D eigenvalue weighted by Gasteiger charge is -2.16. The van der Waals surface area contributed by atoms with Gasteiger partial charge < -0.3 is 5.11 Å². The van der Waals surface area contributed by atoms with Crippen LogP contribution in [0.15, 0.2) is 77.3 Å². The van der Waals surface area contributed by atoms with Gasteiger partial charge in [0.05, 0.1) is 0 Å². The lowest BCUT2D eigenvalue weighted by Crippen LogP contribution is -1.95. The van der Waals surface area contributed by atoms with Crippen molar-refractivity contribution in [1.29, 1.82) is 0 Å². The average Bonchev–Trinajstić information content (AvgIpc) is 2.94. The molecule has 1 N–H and O–H groups in total. The first kappa shape index (κ1) is 15.8. The number of hydrogen-bond acceptors (Lipinski definition) is 1. The predicted octanol–water partition coefficient (Wildman–Crippen LogP) is 6.64. The number of fused-ring (bicyclic) bond motifs is 4. The molecule has 4 aromatic carbocycles. The number of aliphatic hydroxyl groups excluding tert-OH is 1. The van der Waals surface area contributed by atoms with Crippen LogP contribution < -0.4 is 0 Å². The highest BCUT2D eigenvalue weighted by Gasteiger charge is 2.30. The molecule has 0 amide bonds. The lowest BCUT2D eigenvalue weighted by atomic mass is 9.88. The molecule has 1 aliphatic carbocycles. The summed E-state index contributed by atoms with van der Waals surface area (Å²) < 4.78 is 1.06. The van der Waals surface area contributed by atoms with Gasteiger partial charge in [0, 0.05) is 4.47 Å². The number of hydrogen-bond donors (Lipinski definition) is 1. The van der Waals surface area contributed by atoms with Gasteiger partial charge in [0.15, 0.2) is 0 Å². The van der Waals surface area contributed by atoms with E-state index in [-0.39, 0.29) is 0 Å². The summed E-state index contributed by atoms with van der Waals surface area (Å²) in [6, 6.07) is 25.3. The Kier molecular flexibility index (Phi) is 3.53. The van der Waals surface area contributed by atoms with Gasteiger partial charge in [-0.25, -0.2) is 0 Å². The number of aryl methyl sites for hydroxylation is 1. The molecule has 0 radical (unpaired) electrons. The first-order valence-corrected chi connectivity index (χ1v) is 9.53. The molecule has 0 saturated heterocycles. The van der Waals surface area contributed by atoms with Gasteiger partial charge in [-0.05, 0) is 69.3 Å². The molecule has 0 aromatic heterocycles. The van der Waals surface area contributed by atoms with Gasteiger partial charge in [0.1, 0.15) is 6.10 Å². The maximum atomic E-state index is 11.0. The van der Waals surface area contributed by atoms with Crippen LogP contribution in [0.3, 0.4) is 0 Å². The van der Waals surface area contributed by atoms with Crippen LogP contribution in [0, 0.1) is 6.92 Å². The van der Waals surface area contributed by atoms with Crippen molar-refractivity contribution in [2.24, 2.45) is 0 Å². The lowest BCUT2D eigenvalue weighted by molar-refractivity contribution is 0.225. The van der Waals surface area contributed by atoms with E-state index in [1.54, 1.807) is 0 Å². The van der Waals surface area contributed by atoms with E-state index in [1.807, 2.05) is 18.2 Å². The standard InChI is InChI=1S/C24H17BrO/c1-14-6-8-15(9-7-14)22-20-13-17(25)11-10-16(20)12-21-23(22)18-4-2-3-5-19(18)24(21)26/h2-13,24,26H,1H3. The fourth-order valence-corrected chi connectivity index (χ4v) is 4.41. The molecule has 5 rings (SSSR count). The maximum absolute atomic E-state index is 11.0. The Labute approximate surface area is 161 Å². The van der Waals surface area contributed by atoms with Crippen molar-refractivity contribution in [3.63, 3.8) is 0 Å². The molecule has 126 valence electrons. The monoisotopic (exact) mass is 400 g/mol. The zero-order valence-electron chi connectivity index (χ0n) is 14.3. The second kappa shape index (κ2) is 5.80. The molecule has 1 unspecified atom stereocenters. The smallest absolute Gasteiger partial charge is 0.105 e. The van der Waals surface area contributed by atoms with Gasteiger partial charge >= 0.3 is 0 Å². The number of benzene rings is 4. The molecule has 0 fully saturated rings. The van der Waals surface area contributed by atoms with Crippen LogP contribution in [0.2, 0.25) is 0 Å². The van der Waals surface area contributed by atoms with Crippen molar-refractivity contribution < 1.29 is 5.11 Å². The summed E-state index contributed by atoms with van der Waals surface area (Å²) in [6.45, 7) is 2.10. The number of aliphatic hydroxyl groups is 1. The van der Waals surface area contributed by atoms with E-state index in [0.29, 0.717) is 0 Å². The van der Waals surface area contributed by atoms with Crippen molar-refractivity contribution in [1.82, 2.24) is 0 Å². The van der Waals surface area contributed by atoms with Crippen LogP contribution in [0.4, 0.5) is 0 Å². The van der Waals surface area contributed by atoms with Crippen molar-refractivity contribution in [2.45, 2.75) is 13.0 Å². The molecule has 2 heteroatoms. The van der Waals surface area contributed by atoms with Gasteiger partial charge in [0.2, 0.25) is 0 Å². The van der Waals surface area contributed by atoms with Crippen molar-refractivity contribution in [3.8, 4) is 22.3 Å². The Morgan fingerprint density at radius 1 is 0.808 bits per heavy atom. The Balaban J connectivity index is 1.96. The Morgan fingerprint density at radius 3 is 2.38 bits per heavy atom. The van der Waals surface area contributed by atoms with Crippen LogP contribution in [-0.4, -0.2) is 5.11 Å². The third kappa shape index (κ3) is 2.26. The molecule has 0 aliphatic heterocycles. The largest absolute Gasteiger partial charge is 0.384 e. The summed E-state index contributed by atoms with van der Waals surface area (Å²) >= 11 is 3.63. The molecule has 26 heavy (non-hydrogen) atoms. The molecule has 0 saturated carbocycles. The van der Waals surface area contributed by atoms with Crippen molar-refractivity contribution in [2.75, 3.05) is 0 Å². The van der Waals surface area contributed by atoms with Crippen LogP contribution in [0.25, 0.3) is 33.0 Å². The Hall–Kier alpha value is -2.42. The summed E-state index contributed by atoms with van der Waals surface area (Å²) in [5, 5.41) is 13.3. The quantitative estimate of drug-likeness (QED) is 0.379. The minimum Gasteiger partial charge on any atom is -0.384 e. The molecular weight excluding hydrogens is 384 g/mol. The van der Waals surface area contributed by atoms with Gasteiger partial charge in [-0.2, -0.15) is 0 Å². The first-order chi connectivity index (χ1) is 12.6. The van der Waals surface area contributed by atoms with E-state index in [9.17, 15) is 5.11 Å². The SMILES string of the molecule is Cc1ccc(-c2c3c(cc4ccc(Br)cc24)C(O)c2ccccc2-3)cc1. The van der Waals surface area contributed by atoms with Gasteiger partial charge in [-0.15, -0.1) is 0 Å². The predicted molar refractivity (Wildman–Crippen MR) is 111 cm³/mol. The second-order valence-electron chi connectivity index (χ2n) is 6.94. The molecule has 0 heterocycles. The van der Waals surface area contributed by atoms with Gasteiger partial charge in [0.25, 0.3) is 0 Å². The minimum absolute atomic E-state index is 0.571. The van der Waals surface area contributed by atoms with Crippen LogP contribution in [0.1, 0.15) is 22.8 Å². The zero-order chi connectivity index (χ0) is 17.8. The van der Waals surface area contributed by atoms with Gasteiger partial charge in [-0.3, -0.25) is 0 Å². The summed E-state index contributed by atoms with van der Waals surface area (Å²) in [4.78, 5) is 0. The molecule has 0 spiro atoms. The summed E-state index contributed by atoms with van der Waals surface area (Å²) in [6.07, 6.45) is -0.571. The van der Waals surface area contributed by atoms with E-state index in [2.05, 4.69) is 77.5 Å². The Morgan fingerprint density at radius 2 is 1.58 bits per heavy atom. The van der Waals surface area contributed by atoms with E-state index >= 15 is 0 Å². The highest BCUT2D eigenvalue weighted by Crippen LogP contribution is 2.50. The van der Waals surface area contributed by atoms with Crippen LogP contribution in [0.5, 0.6) is 0 Å². The number of halogens is 1. The minimum atomic E-state index is -0.571. The topological polar surface area (TPSA) is 20.2 Å². The molecular formula is C24H17BrO. The highest BCUT2D eigenvalue weighted by atomic mass is 79.9. The second-order valence-corrected chi connectivity index (χ2v) is 7.85. The molecule has 1 aliphatic rings. The molecule has 4 aromatic rings. The first-order valence-electron chi connectivity index (χ1n) is 8.74. The third-order valence-corrected chi connectivity index (χ3v) is 5.79. The maximum Gasteiger partial charge on any atom is 0.105 e. The fourth-order valence-electron chi connectivity index (χ4n) is 4.05. The van der Waals surface area contributed by atoms with E-state index in [1.165, 1.54) is 22.1 Å². The summed E-state index contributed by atoms with van der Waals surface area (Å²) in [7, 11) is 0. The average molecular weight is 401 g/mol. The zero-order valence-corrected chi connectivity index (χ0v) is 15.9. The Bertz CT molecular complexity index is 1160. The van der Waals surface area contributed by atoms with Crippen LogP contribution in [-0.2, 0) is 0 Å². The van der Waals surface area contributed by atoms with E-state index < -0.39 is 6.10 Å². The van der Waals surface area contributed by atoms with Gasteiger partial charge in [-0.1, -0.05) is 76.1 Å². The molecule has 1 atom stereocenters. The molecule has 0 bridgehead atoms. The summed E-state index contributed by atoms with van der Waals surface area (Å²) in [5.41, 5.74) is 7.89. The normalized spacial score (nSPS) is 15.1. The molecule has 1 nitrogen and oxygen atoms in total. The van der Waals surface area contributed by atoms with E-state index in [0.717, 1.165) is 32.1 Å². The summed E-state index contributed by atoms with van der Waals surface area (Å²) in [5.74, 6) is 0. The van der Waals surface area contributed by atoms with E-state index in [4.69, 9.17) is 0 Å². The number of rotatable bonds is 1. The fraction of sp³-hybridized carbons (Fsp3) is 0.0833.